The molecule has 0 heterocycles. The first-order valence-corrected chi connectivity index (χ1v) is 13.0. The first-order chi connectivity index (χ1) is 15.2. The van der Waals surface area contributed by atoms with Crippen LogP contribution in [-0.2, 0) is 11.2 Å². The quantitative estimate of drug-likeness (QED) is 0.636. The van der Waals surface area contributed by atoms with Crippen molar-refractivity contribution in [3.05, 3.63) is 34.9 Å². The second-order valence-electron chi connectivity index (χ2n) is 12.2. The van der Waals surface area contributed by atoms with E-state index in [0.29, 0.717) is 29.6 Å². The standard InChI is InChI=1S/C29H39NO2/c1-18-14-19(17-30)4-5-20(18)15-27(31)26-9-8-25-24-7-6-21-16-28(2,32)12-10-22(21)23(24)11-13-29(25,26)3/h4-5,14,21-26,32H,6-13,15-16H2,1-3H3/t21-,22+,23-,24-,25+,26-,28-,29+/m1/s1. The Labute approximate surface area is 193 Å². The van der Waals surface area contributed by atoms with Crippen molar-refractivity contribution in [3.63, 3.8) is 0 Å². The molecule has 1 aromatic carbocycles. The number of hydrogen-bond donors (Lipinski definition) is 1. The molecule has 0 unspecified atom stereocenters. The van der Waals surface area contributed by atoms with Crippen LogP contribution in [0.5, 0.6) is 0 Å². The molecule has 0 aliphatic heterocycles. The summed E-state index contributed by atoms with van der Waals surface area (Å²) in [4.78, 5) is 13.5. The summed E-state index contributed by atoms with van der Waals surface area (Å²) in [6.45, 7) is 6.50. The van der Waals surface area contributed by atoms with Gasteiger partial charge in [-0.05, 0) is 130 Å². The number of carbonyl (C=O) groups is 1. The Balaban J connectivity index is 1.31. The molecule has 5 rings (SSSR count). The fraction of sp³-hybridized carbons (Fsp3) is 0.724. The second-order valence-corrected chi connectivity index (χ2v) is 12.2. The van der Waals surface area contributed by atoms with Crippen molar-refractivity contribution in [2.24, 2.45) is 40.9 Å². The van der Waals surface area contributed by atoms with Crippen molar-refractivity contribution in [2.45, 2.75) is 90.6 Å². The number of fused-ring (bicyclic) bond motifs is 5. The largest absolute Gasteiger partial charge is 0.390 e. The zero-order chi connectivity index (χ0) is 22.7. The Bertz CT molecular complexity index is 943. The molecular weight excluding hydrogens is 394 g/mol. The topological polar surface area (TPSA) is 61.1 Å². The molecule has 8 atom stereocenters. The summed E-state index contributed by atoms with van der Waals surface area (Å²) < 4.78 is 0. The number of aryl methyl sites for hydroxylation is 1. The van der Waals surface area contributed by atoms with Gasteiger partial charge in [0.25, 0.3) is 0 Å². The van der Waals surface area contributed by atoms with Gasteiger partial charge in [-0.3, -0.25) is 4.79 Å². The van der Waals surface area contributed by atoms with E-state index in [4.69, 9.17) is 5.26 Å². The van der Waals surface area contributed by atoms with E-state index in [9.17, 15) is 9.90 Å². The normalized spacial score (nSPS) is 43.0. The fourth-order valence-electron chi connectivity index (χ4n) is 8.89. The van der Waals surface area contributed by atoms with Crippen LogP contribution in [-0.4, -0.2) is 16.5 Å². The van der Waals surface area contributed by atoms with Gasteiger partial charge in [0.2, 0.25) is 0 Å². The van der Waals surface area contributed by atoms with Gasteiger partial charge in [-0.1, -0.05) is 13.0 Å². The lowest BCUT2D eigenvalue weighted by Crippen LogP contribution is -2.51. The van der Waals surface area contributed by atoms with Crippen molar-refractivity contribution < 1.29 is 9.90 Å². The van der Waals surface area contributed by atoms with E-state index < -0.39 is 5.60 Å². The van der Waals surface area contributed by atoms with Crippen LogP contribution in [0.15, 0.2) is 18.2 Å². The van der Waals surface area contributed by atoms with Gasteiger partial charge in [-0.25, -0.2) is 0 Å². The van der Waals surface area contributed by atoms with Gasteiger partial charge >= 0.3 is 0 Å². The van der Waals surface area contributed by atoms with Crippen LogP contribution in [0.4, 0.5) is 0 Å². The van der Waals surface area contributed by atoms with E-state index in [1.807, 2.05) is 32.0 Å². The van der Waals surface area contributed by atoms with Crippen molar-refractivity contribution in [1.82, 2.24) is 0 Å². The van der Waals surface area contributed by atoms with Crippen molar-refractivity contribution in [1.29, 1.82) is 5.26 Å². The van der Waals surface area contributed by atoms with E-state index >= 15 is 0 Å². The number of rotatable bonds is 3. The maximum atomic E-state index is 13.5. The second kappa shape index (κ2) is 7.98. The highest BCUT2D eigenvalue weighted by Gasteiger charge is 2.58. The minimum Gasteiger partial charge on any atom is -0.390 e. The molecular formula is C29H39NO2. The summed E-state index contributed by atoms with van der Waals surface area (Å²) in [6.07, 6.45) is 11.0. The van der Waals surface area contributed by atoms with Crippen LogP contribution in [0.25, 0.3) is 0 Å². The summed E-state index contributed by atoms with van der Waals surface area (Å²) in [7, 11) is 0. The summed E-state index contributed by atoms with van der Waals surface area (Å²) >= 11 is 0. The number of nitrogens with zero attached hydrogens (tertiary/aromatic N) is 1. The maximum absolute atomic E-state index is 13.5. The molecule has 0 bridgehead atoms. The predicted molar refractivity (Wildman–Crippen MR) is 126 cm³/mol. The summed E-state index contributed by atoms with van der Waals surface area (Å²) in [6, 6.07) is 7.94. The first-order valence-electron chi connectivity index (χ1n) is 13.0. The molecule has 172 valence electrons. The Kier molecular flexibility index (Phi) is 5.52. The Morgan fingerprint density at radius 3 is 2.59 bits per heavy atom. The number of Topliss-reactive ketones (excluding diaryl/α,β-unsaturated/α-hetero) is 1. The van der Waals surface area contributed by atoms with Gasteiger partial charge in [0, 0.05) is 12.3 Å². The molecule has 4 saturated carbocycles. The molecule has 0 radical (unpaired) electrons. The van der Waals surface area contributed by atoms with Crippen LogP contribution in [0.2, 0.25) is 0 Å². The summed E-state index contributed by atoms with van der Waals surface area (Å²) in [5.41, 5.74) is 2.53. The predicted octanol–water partition coefficient (Wildman–Crippen LogP) is 6.00. The Morgan fingerprint density at radius 1 is 1.06 bits per heavy atom. The zero-order valence-electron chi connectivity index (χ0n) is 20.1. The van der Waals surface area contributed by atoms with E-state index in [2.05, 4.69) is 13.0 Å². The SMILES string of the molecule is Cc1cc(C#N)ccc1CC(=O)[C@H]1CC[C@H]2[C@@H]3CC[C@@H]4C[C@](C)(O)CC[C@@H]4[C@H]3CC[C@]12C. The Hall–Kier alpha value is -1.66. The molecule has 0 amide bonds. The molecule has 4 aliphatic rings. The van der Waals surface area contributed by atoms with Crippen LogP contribution in [0.3, 0.4) is 0 Å². The van der Waals surface area contributed by atoms with Crippen LogP contribution in [0, 0.1) is 59.2 Å². The van der Waals surface area contributed by atoms with Crippen LogP contribution in [0.1, 0.15) is 88.3 Å². The molecule has 0 aromatic heterocycles. The highest BCUT2D eigenvalue weighted by Crippen LogP contribution is 2.64. The van der Waals surface area contributed by atoms with Crippen molar-refractivity contribution in [3.8, 4) is 6.07 Å². The van der Waals surface area contributed by atoms with E-state index in [-0.39, 0.29) is 11.3 Å². The van der Waals surface area contributed by atoms with Crippen molar-refractivity contribution in [2.75, 3.05) is 0 Å². The molecule has 4 aliphatic carbocycles. The van der Waals surface area contributed by atoms with Gasteiger partial charge in [0.1, 0.15) is 5.78 Å². The third-order valence-electron chi connectivity index (χ3n) is 10.5. The minimum atomic E-state index is -0.453. The first kappa shape index (κ1) is 22.1. The molecule has 4 fully saturated rings. The molecule has 3 nitrogen and oxygen atoms in total. The number of carbonyl (C=O) groups excluding carboxylic acids is 1. The van der Waals surface area contributed by atoms with Gasteiger partial charge in [-0.15, -0.1) is 0 Å². The van der Waals surface area contributed by atoms with Gasteiger partial charge in [-0.2, -0.15) is 5.26 Å². The lowest BCUT2D eigenvalue weighted by atomic mass is 9.49. The molecule has 3 heteroatoms. The average molecular weight is 434 g/mol. The smallest absolute Gasteiger partial charge is 0.140 e. The number of ketones is 1. The fourth-order valence-corrected chi connectivity index (χ4v) is 8.89. The molecule has 1 N–H and O–H groups in total. The lowest BCUT2D eigenvalue weighted by Gasteiger charge is -2.56. The lowest BCUT2D eigenvalue weighted by molar-refractivity contribution is -0.131. The van der Waals surface area contributed by atoms with E-state index in [1.165, 1.54) is 38.5 Å². The molecule has 0 saturated heterocycles. The third-order valence-corrected chi connectivity index (χ3v) is 10.5. The van der Waals surface area contributed by atoms with E-state index in [0.717, 1.165) is 48.1 Å². The monoisotopic (exact) mass is 433 g/mol. The number of aliphatic hydroxyl groups is 1. The number of nitriles is 1. The Morgan fingerprint density at radius 2 is 1.84 bits per heavy atom. The minimum absolute atomic E-state index is 0.158. The summed E-state index contributed by atoms with van der Waals surface area (Å²) in [5.74, 6) is 4.42. The molecule has 32 heavy (non-hydrogen) atoms. The van der Waals surface area contributed by atoms with Gasteiger partial charge in [0.05, 0.1) is 17.2 Å². The van der Waals surface area contributed by atoms with Gasteiger partial charge in [0.15, 0.2) is 0 Å². The highest BCUT2D eigenvalue weighted by molar-refractivity contribution is 5.84. The average Bonchev–Trinajstić information content (AvgIpc) is 3.11. The maximum Gasteiger partial charge on any atom is 0.140 e. The third kappa shape index (κ3) is 3.63. The highest BCUT2D eigenvalue weighted by atomic mass is 16.3. The zero-order valence-corrected chi connectivity index (χ0v) is 20.1. The molecule has 0 spiro atoms. The van der Waals surface area contributed by atoms with E-state index in [1.54, 1.807) is 0 Å². The van der Waals surface area contributed by atoms with Crippen LogP contribution >= 0.6 is 0 Å². The number of hydrogen-bond acceptors (Lipinski definition) is 3. The molecule has 1 aromatic rings. The number of benzene rings is 1. The van der Waals surface area contributed by atoms with Crippen LogP contribution < -0.4 is 0 Å². The van der Waals surface area contributed by atoms with Crippen molar-refractivity contribution >= 4 is 5.78 Å². The van der Waals surface area contributed by atoms with Gasteiger partial charge < -0.3 is 5.11 Å². The summed E-state index contributed by atoms with van der Waals surface area (Å²) in [5, 5.41) is 19.7.